The van der Waals surface area contributed by atoms with Crippen molar-refractivity contribution in [1.82, 2.24) is 15.1 Å². The summed E-state index contributed by atoms with van der Waals surface area (Å²) in [6.07, 6.45) is 1.73. The minimum Gasteiger partial charge on any atom is -0.481 e. The molecule has 23 heavy (non-hydrogen) atoms. The molecule has 1 saturated heterocycles. The van der Waals surface area contributed by atoms with Gasteiger partial charge < -0.3 is 14.7 Å². The van der Waals surface area contributed by atoms with Crippen LogP contribution in [0.5, 0.6) is 0 Å². The molecule has 1 amide bonds. The van der Waals surface area contributed by atoms with Gasteiger partial charge in [-0.05, 0) is 18.9 Å². The molecule has 2 aromatic rings. The van der Waals surface area contributed by atoms with Gasteiger partial charge >= 0.3 is 5.97 Å². The smallest absolute Gasteiger partial charge is 0.305 e. The van der Waals surface area contributed by atoms with Crippen LogP contribution in [0.2, 0.25) is 0 Å². The zero-order chi connectivity index (χ0) is 16.2. The van der Waals surface area contributed by atoms with Crippen LogP contribution >= 0.6 is 0 Å². The van der Waals surface area contributed by atoms with Crippen LogP contribution in [0.25, 0.3) is 10.9 Å². The number of carbonyl (C=O) groups excluding carboxylic acids is 1. The van der Waals surface area contributed by atoms with Crippen molar-refractivity contribution in [2.24, 2.45) is 0 Å². The highest BCUT2D eigenvalue weighted by molar-refractivity contribution is 6.04. The lowest BCUT2D eigenvalue weighted by atomic mass is 10.1. The predicted molar refractivity (Wildman–Crippen MR) is 83.2 cm³/mol. The Balaban J connectivity index is 1.81. The topological polar surface area (TPSA) is 95.5 Å². The first-order chi connectivity index (χ1) is 11.1. The molecule has 2 N–H and O–H groups in total. The van der Waals surface area contributed by atoms with Crippen LogP contribution < -0.4 is 0 Å². The highest BCUT2D eigenvalue weighted by Gasteiger charge is 2.26. The Kier molecular flexibility index (Phi) is 4.57. The van der Waals surface area contributed by atoms with Gasteiger partial charge in [0, 0.05) is 25.1 Å². The molecule has 7 nitrogen and oxygen atoms in total. The third-order valence-corrected chi connectivity index (χ3v) is 4.00. The molecule has 1 fully saturated rings. The molecular formula is C16H19N3O4. The maximum atomic E-state index is 12.8. The number of amides is 1. The second kappa shape index (κ2) is 6.78. The summed E-state index contributed by atoms with van der Waals surface area (Å²) in [5, 5.41) is 16.6. The second-order valence-corrected chi connectivity index (χ2v) is 5.65. The van der Waals surface area contributed by atoms with E-state index >= 15 is 0 Å². The Bertz CT molecular complexity index is 706. The van der Waals surface area contributed by atoms with E-state index in [0.29, 0.717) is 18.8 Å². The first-order valence-corrected chi connectivity index (χ1v) is 7.71. The normalized spacial score (nSPS) is 17.5. The molecule has 1 atom stereocenters. The predicted octanol–water partition coefficient (Wildman–Crippen LogP) is 1.66. The Labute approximate surface area is 133 Å². The molecule has 122 valence electrons. The fourth-order valence-corrected chi connectivity index (χ4v) is 2.82. The molecule has 1 aromatic heterocycles. The third-order valence-electron chi connectivity index (χ3n) is 4.00. The van der Waals surface area contributed by atoms with E-state index in [4.69, 9.17) is 9.84 Å². The van der Waals surface area contributed by atoms with Gasteiger partial charge in [-0.2, -0.15) is 5.10 Å². The summed E-state index contributed by atoms with van der Waals surface area (Å²) in [4.78, 5) is 25.2. The summed E-state index contributed by atoms with van der Waals surface area (Å²) in [7, 11) is 0. The highest BCUT2D eigenvalue weighted by atomic mass is 16.5. The van der Waals surface area contributed by atoms with Crippen molar-refractivity contribution >= 4 is 22.8 Å². The van der Waals surface area contributed by atoms with Gasteiger partial charge in [-0.15, -0.1) is 0 Å². The molecule has 2 heterocycles. The van der Waals surface area contributed by atoms with E-state index in [2.05, 4.69) is 10.2 Å². The minimum atomic E-state index is -0.929. The maximum Gasteiger partial charge on any atom is 0.305 e. The van der Waals surface area contributed by atoms with Crippen LogP contribution in [-0.2, 0) is 9.53 Å². The van der Waals surface area contributed by atoms with Crippen LogP contribution in [0.1, 0.15) is 29.8 Å². The zero-order valence-electron chi connectivity index (χ0n) is 12.7. The Morgan fingerprint density at radius 1 is 1.39 bits per heavy atom. The molecule has 0 bridgehead atoms. The van der Waals surface area contributed by atoms with Crippen LogP contribution in [0.4, 0.5) is 0 Å². The number of carboxylic acid groups (broad SMARTS) is 1. The number of carbonyl (C=O) groups is 2. The first kappa shape index (κ1) is 15.5. The lowest BCUT2D eigenvalue weighted by Crippen LogP contribution is -2.39. The van der Waals surface area contributed by atoms with E-state index in [0.717, 1.165) is 23.7 Å². The van der Waals surface area contributed by atoms with Crippen molar-refractivity contribution in [2.45, 2.75) is 25.4 Å². The Morgan fingerprint density at radius 2 is 2.22 bits per heavy atom. The van der Waals surface area contributed by atoms with Crippen molar-refractivity contribution in [2.75, 3.05) is 19.7 Å². The number of aromatic amines is 1. The van der Waals surface area contributed by atoms with Gasteiger partial charge in [0.25, 0.3) is 5.91 Å². The van der Waals surface area contributed by atoms with Crippen molar-refractivity contribution < 1.29 is 19.4 Å². The van der Waals surface area contributed by atoms with Gasteiger partial charge in [0.1, 0.15) is 0 Å². The number of hydrogen-bond donors (Lipinski definition) is 2. The van der Waals surface area contributed by atoms with Gasteiger partial charge in [-0.1, -0.05) is 18.2 Å². The molecule has 0 saturated carbocycles. The van der Waals surface area contributed by atoms with E-state index in [1.54, 1.807) is 0 Å². The number of para-hydroxylation sites is 1. The number of aliphatic carboxylic acids is 1. The fourth-order valence-electron chi connectivity index (χ4n) is 2.82. The number of fused-ring (bicyclic) bond motifs is 1. The van der Waals surface area contributed by atoms with E-state index in [1.807, 2.05) is 24.3 Å². The average Bonchev–Trinajstić information content (AvgIpc) is 3.20. The highest BCUT2D eigenvalue weighted by Crippen LogP contribution is 2.19. The van der Waals surface area contributed by atoms with E-state index in [9.17, 15) is 9.59 Å². The molecule has 0 aliphatic carbocycles. The summed E-state index contributed by atoms with van der Waals surface area (Å²) in [6, 6.07) is 7.38. The van der Waals surface area contributed by atoms with Gasteiger partial charge in [0.05, 0.1) is 18.0 Å². The Hall–Kier alpha value is -2.41. The summed E-state index contributed by atoms with van der Waals surface area (Å²) in [5.74, 6) is -1.19. The summed E-state index contributed by atoms with van der Waals surface area (Å²) < 4.78 is 5.58. The van der Waals surface area contributed by atoms with Crippen molar-refractivity contribution in [3.05, 3.63) is 30.0 Å². The van der Waals surface area contributed by atoms with Crippen molar-refractivity contribution in [1.29, 1.82) is 0 Å². The van der Waals surface area contributed by atoms with Gasteiger partial charge in [0.2, 0.25) is 0 Å². The molecule has 3 rings (SSSR count). The van der Waals surface area contributed by atoms with Crippen molar-refractivity contribution in [3.8, 4) is 0 Å². The molecule has 1 aliphatic heterocycles. The molecule has 0 radical (unpaired) electrons. The SMILES string of the molecule is O=C(O)CCN(CC1CCCO1)C(=O)c1n[nH]c2ccccc12. The lowest BCUT2D eigenvalue weighted by molar-refractivity contribution is -0.137. The van der Waals surface area contributed by atoms with Crippen LogP contribution in [-0.4, -0.2) is 57.9 Å². The summed E-state index contributed by atoms with van der Waals surface area (Å²) in [6.45, 7) is 1.24. The number of nitrogens with zero attached hydrogens (tertiary/aromatic N) is 2. The number of nitrogens with one attached hydrogen (secondary N) is 1. The molecule has 0 spiro atoms. The molecule has 7 heteroatoms. The summed E-state index contributed by atoms with van der Waals surface area (Å²) >= 11 is 0. The van der Waals surface area contributed by atoms with E-state index in [-0.39, 0.29) is 25.0 Å². The largest absolute Gasteiger partial charge is 0.481 e. The van der Waals surface area contributed by atoms with E-state index < -0.39 is 5.97 Å². The first-order valence-electron chi connectivity index (χ1n) is 7.71. The quantitative estimate of drug-likeness (QED) is 0.845. The van der Waals surface area contributed by atoms with Gasteiger partial charge in [-0.25, -0.2) is 0 Å². The monoisotopic (exact) mass is 317 g/mol. The molecular weight excluding hydrogens is 298 g/mol. The number of carboxylic acids is 1. The van der Waals surface area contributed by atoms with Crippen LogP contribution in [0, 0.1) is 0 Å². The number of H-pyrrole nitrogens is 1. The number of ether oxygens (including phenoxy) is 1. The molecule has 1 unspecified atom stereocenters. The van der Waals surface area contributed by atoms with Gasteiger partial charge in [-0.3, -0.25) is 14.7 Å². The van der Waals surface area contributed by atoms with Crippen molar-refractivity contribution in [3.63, 3.8) is 0 Å². The lowest BCUT2D eigenvalue weighted by Gasteiger charge is -2.24. The average molecular weight is 317 g/mol. The van der Waals surface area contributed by atoms with Crippen LogP contribution in [0.3, 0.4) is 0 Å². The number of hydrogen-bond acceptors (Lipinski definition) is 4. The Morgan fingerprint density at radius 3 is 2.96 bits per heavy atom. The maximum absolute atomic E-state index is 12.8. The number of benzene rings is 1. The number of aromatic nitrogens is 2. The molecule has 1 aromatic carbocycles. The van der Waals surface area contributed by atoms with E-state index in [1.165, 1.54) is 4.90 Å². The summed E-state index contributed by atoms with van der Waals surface area (Å²) in [5.41, 5.74) is 1.11. The molecule has 1 aliphatic rings. The number of rotatable bonds is 6. The second-order valence-electron chi connectivity index (χ2n) is 5.65. The van der Waals surface area contributed by atoms with Crippen LogP contribution in [0.15, 0.2) is 24.3 Å². The fraction of sp³-hybridized carbons (Fsp3) is 0.438. The minimum absolute atomic E-state index is 0.0297. The third kappa shape index (κ3) is 3.50. The standard InChI is InChI=1S/C16H19N3O4/c20-14(21)7-8-19(10-11-4-3-9-23-11)16(22)15-12-5-1-2-6-13(12)17-18-15/h1-2,5-6,11H,3-4,7-10H2,(H,17,18)(H,20,21). The van der Waals surface area contributed by atoms with Gasteiger partial charge in [0.15, 0.2) is 5.69 Å². The zero-order valence-corrected chi connectivity index (χ0v) is 12.7.